The molecular weight excluding hydrogens is 390 g/mol. The number of aryl methyl sites for hydroxylation is 2. The van der Waals surface area contributed by atoms with E-state index in [4.69, 9.17) is 20.9 Å². The van der Waals surface area contributed by atoms with Crippen LogP contribution in [-0.2, 0) is 17.8 Å². The van der Waals surface area contributed by atoms with E-state index in [1.165, 1.54) is 0 Å². The van der Waals surface area contributed by atoms with Gasteiger partial charge >= 0.3 is 0 Å². The second-order valence-corrected chi connectivity index (χ2v) is 7.45. The molecule has 0 aliphatic heterocycles. The molecule has 0 saturated carbocycles. The number of nitrogens with one attached hydrogen (secondary N) is 1. The minimum absolute atomic E-state index is 0.111. The van der Waals surface area contributed by atoms with Gasteiger partial charge in [-0.05, 0) is 49.7 Å². The predicted octanol–water partition coefficient (Wildman–Crippen LogP) is 4.77. The fourth-order valence-corrected chi connectivity index (χ4v) is 3.12. The van der Waals surface area contributed by atoms with Crippen LogP contribution in [0.4, 0.5) is 11.4 Å². The van der Waals surface area contributed by atoms with Crippen LogP contribution in [0.25, 0.3) is 0 Å². The molecule has 6 nitrogen and oxygen atoms in total. The van der Waals surface area contributed by atoms with E-state index in [1.54, 1.807) is 12.1 Å². The molecule has 1 amide bonds. The van der Waals surface area contributed by atoms with Crippen molar-refractivity contribution in [3.8, 4) is 5.75 Å². The van der Waals surface area contributed by atoms with Crippen molar-refractivity contribution < 1.29 is 14.1 Å². The van der Waals surface area contributed by atoms with E-state index in [0.717, 1.165) is 34.0 Å². The van der Waals surface area contributed by atoms with Crippen LogP contribution < -0.4 is 15.0 Å². The number of carbonyl (C=O) groups excluding carboxylic acids is 1. The summed E-state index contributed by atoms with van der Waals surface area (Å²) in [6.45, 7) is 4.14. The second kappa shape index (κ2) is 9.01. The van der Waals surface area contributed by atoms with Crippen LogP contribution in [0.15, 0.2) is 47.0 Å². The van der Waals surface area contributed by atoms with Crippen LogP contribution in [0.5, 0.6) is 5.75 Å². The van der Waals surface area contributed by atoms with Gasteiger partial charge in [0.1, 0.15) is 18.1 Å². The van der Waals surface area contributed by atoms with Crippen LogP contribution in [0.3, 0.4) is 0 Å². The molecule has 0 aliphatic rings. The molecule has 1 N–H and O–H groups in total. The molecule has 1 heterocycles. The van der Waals surface area contributed by atoms with Crippen molar-refractivity contribution in [2.24, 2.45) is 0 Å². The normalized spacial score (nSPS) is 10.7. The van der Waals surface area contributed by atoms with Crippen LogP contribution in [-0.4, -0.2) is 25.2 Å². The molecule has 0 unspecified atom stereocenters. The average molecular weight is 414 g/mol. The van der Waals surface area contributed by atoms with Gasteiger partial charge in [-0.2, -0.15) is 0 Å². The Kier molecular flexibility index (Phi) is 6.44. The smallest absolute Gasteiger partial charge is 0.228 e. The first-order chi connectivity index (χ1) is 13.8. The van der Waals surface area contributed by atoms with Crippen molar-refractivity contribution >= 4 is 28.9 Å². The molecule has 0 radical (unpaired) electrons. The topological polar surface area (TPSA) is 67.6 Å². The minimum Gasteiger partial charge on any atom is -0.489 e. The van der Waals surface area contributed by atoms with E-state index in [0.29, 0.717) is 17.3 Å². The minimum atomic E-state index is -0.111. The Balaban J connectivity index is 1.60. The van der Waals surface area contributed by atoms with Gasteiger partial charge in [-0.25, -0.2) is 0 Å². The van der Waals surface area contributed by atoms with Crippen LogP contribution >= 0.6 is 11.6 Å². The molecule has 0 aliphatic carbocycles. The molecule has 3 aromatic rings. The molecule has 7 heteroatoms. The molecular formula is C22H24ClN3O3. The van der Waals surface area contributed by atoms with Crippen molar-refractivity contribution in [1.82, 2.24) is 5.16 Å². The van der Waals surface area contributed by atoms with Gasteiger partial charge in [0.15, 0.2) is 0 Å². The average Bonchev–Trinajstić information content (AvgIpc) is 2.99. The summed E-state index contributed by atoms with van der Waals surface area (Å²) < 4.78 is 10.9. The van der Waals surface area contributed by atoms with Crippen molar-refractivity contribution in [2.45, 2.75) is 26.9 Å². The largest absolute Gasteiger partial charge is 0.489 e. The Morgan fingerprint density at radius 2 is 1.90 bits per heavy atom. The first-order valence-corrected chi connectivity index (χ1v) is 9.61. The van der Waals surface area contributed by atoms with Crippen molar-refractivity contribution in [2.75, 3.05) is 24.3 Å². The zero-order chi connectivity index (χ0) is 21.0. The highest BCUT2D eigenvalue weighted by atomic mass is 35.5. The van der Waals surface area contributed by atoms with Crippen molar-refractivity contribution in [3.63, 3.8) is 0 Å². The Labute approximate surface area is 175 Å². The number of ether oxygens (including phenoxy) is 1. The number of carbonyl (C=O) groups is 1. The molecule has 0 bridgehead atoms. The third kappa shape index (κ3) is 5.29. The third-order valence-electron chi connectivity index (χ3n) is 4.57. The molecule has 0 atom stereocenters. The van der Waals surface area contributed by atoms with Crippen molar-refractivity contribution in [1.29, 1.82) is 0 Å². The number of benzene rings is 2. The molecule has 29 heavy (non-hydrogen) atoms. The summed E-state index contributed by atoms with van der Waals surface area (Å²) in [5.41, 5.74) is 4.25. The lowest BCUT2D eigenvalue weighted by Crippen LogP contribution is -2.18. The number of anilines is 2. The summed E-state index contributed by atoms with van der Waals surface area (Å²) in [6, 6.07) is 12.9. The first-order valence-electron chi connectivity index (χ1n) is 9.23. The maximum absolute atomic E-state index is 12.5. The monoisotopic (exact) mass is 413 g/mol. The Morgan fingerprint density at radius 3 is 2.52 bits per heavy atom. The van der Waals surface area contributed by atoms with Gasteiger partial charge in [0.25, 0.3) is 0 Å². The number of hydrogen-bond donors (Lipinski definition) is 1. The number of halogens is 1. The summed E-state index contributed by atoms with van der Waals surface area (Å²) >= 11 is 6.08. The van der Waals surface area contributed by atoms with Gasteiger partial charge in [0, 0.05) is 19.1 Å². The lowest BCUT2D eigenvalue weighted by Gasteiger charge is -2.18. The second-order valence-electron chi connectivity index (χ2n) is 7.02. The van der Waals surface area contributed by atoms with E-state index in [2.05, 4.69) is 10.5 Å². The van der Waals surface area contributed by atoms with Crippen LogP contribution in [0.2, 0.25) is 5.02 Å². The zero-order valence-corrected chi connectivity index (χ0v) is 17.7. The van der Waals surface area contributed by atoms with E-state index in [1.807, 2.05) is 63.2 Å². The van der Waals surface area contributed by atoms with E-state index in [9.17, 15) is 4.79 Å². The maximum Gasteiger partial charge on any atom is 0.228 e. The zero-order valence-electron chi connectivity index (χ0n) is 17.0. The maximum atomic E-state index is 12.5. The summed E-state index contributed by atoms with van der Waals surface area (Å²) in [4.78, 5) is 14.4. The van der Waals surface area contributed by atoms with Gasteiger partial charge in [-0.1, -0.05) is 28.9 Å². The first kappa shape index (κ1) is 20.7. The standard InChI is InChI=1S/C22H24ClN3O3/c1-14-19(15(2)29-25-14)13-28-18-8-5-16(6-9-18)11-22(27)24-20-12-17(23)7-10-21(20)26(3)4/h5-10,12H,11,13H2,1-4H3,(H,24,27). The van der Waals surface area contributed by atoms with Gasteiger partial charge in [0.2, 0.25) is 5.91 Å². The van der Waals surface area contributed by atoms with Gasteiger partial charge in [-0.15, -0.1) is 0 Å². The third-order valence-corrected chi connectivity index (χ3v) is 4.80. The van der Waals surface area contributed by atoms with Crippen LogP contribution in [0, 0.1) is 13.8 Å². The van der Waals surface area contributed by atoms with E-state index < -0.39 is 0 Å². The number of nitrogens with zero attached hydrogens (tertiary/aromatic N) is 2. The van der Waals surface area contributed by atoms with Gasteiger partial charge in [0.05, 0.1) is 29.1 Å². The van der Waals surface area contributed by atoms with Gasteiger partial charge in [-0.3, -0.25) is 4.79 Å². The summed E-state index contributed by atoms with van der Waals surface area (Å²) in [7, 11) is 3.83. The van der Waals surface area contributed by atoms with Crippen molar-refractivity contribution in [3.05, 3.63) is 70.1 Å². The molecule has 2 aromatic carbocycles. The summed E-state index contributed by atoms with van der Waals surface area (Å²) in [6.07, 6.45) is 0.254. The fraction of sp³-hybridized carbons (Fsp3) is 0.273. The summed E-state index contributed by atoms with van der Waals surface area (Å²) in [5.74, 6) is 1.37. The molecule has 3 rings (SSSR count). The highest BCUT2D eigenvalue weighted by Gasteiger charge is 2.11. The SMILES string of the molecule is Cc1noc(C)c1COc1ccc(CC(=O)Nc2cc(Cl)ccc2N(C)C)cc1. The Hall–Kier alpha value is -2.99. The quantitative estimate of drug-likeness (QED) is 0.604. The molecule has 0 fully saturated rings. The summed E-state index contributed by atoms with van der Waals surface area (Å²) in [5, 5.41) is 7.43. The highest BCUT2D eigenvalue weighted by Crippen LogP contribution is 2.28. The van der Waals surface area contributed by atoms with E-state index >= 15 is 0 Å². The molecule has 152 valence electrons. The number of rotatable bonds is 7. The Morgan fingerprint density at radius 1 is 1.17 bits per heavy atom. The van der Waals surface area contributed by atoms with E-state index in [-0.39, 0.29) is 12.3 Å². The molecule has 0 saturated heterocycles. The molecule has 1 aromatic heterocycles. The molecule has 0 spiro atoms. The number of hydrogen-bond acceptors (Lipinski definition) is 5. The Bertz CT molecular complexity index is 978. The number of amides is 1. The fourth-order valence-electron chi connectivity index (χ4n) is 2.95. The predicted molar refractivity (Wildman–Crippen MR) is 115 cm³/mol. The number of aromatic nitrogens is 1. The lowest BCUT2D eigenvalue weighted by molar-refractivity contribution is -0.115. The lowest BCUT2D eigenvalue weighted by atomic mass is 10.1. The van der Waals surface area contributed by atoms with Gasteiger partial charge < -0.3 is 19.5 Å². The van der Waals surface area contributed by atoms with Crippen LogP contribution in [0.1, 0.15) is 22.6 Å². The highest BCUT2D eigenvalue weighted by molar-refractivity contribution is 6.31.